The van der Waals surface area contributed by atoms with E-state index in [0.29, 0.717) is 62.0 Å². The van der Waals surface area contributed by atoms with Crippen LogP contribution in [0.5, 0.6) is 17.2 Å². The maximum absolute atomic E-state index is 13.7. The molecule has 2 aromatic carbocycles. The van der Waals surface area contributed by atoms with E-state index in [2.05, 4.69) is 11.4 Å². The quantitative estimate of drug-likeness (QED) is 0.252. The first kappa shape index (κ1) is 30.8. The van der Waals surface area contributed by atoms with Gasteiger partial charge >= 0.3 is 6.03 Å². The van der Waals surface area contributed by atoms with E-state index in [-0.39, 0.29) is 18.5 Å². The monoisotopic (exact) mass is 569 g/mol. The second-order valence-corrected chi connectivity index (χ2v) is 10.2. The van der Waals surface area contributed by atoms with Crippen LogP contribution in [-0.4, -0.2) is 76.4 Å². The molecule has 3 aromatic rings. The van der Waals surface area contributed by atoms with Crippen LogP contribution >= 0.6 is 11.3 Å². The van der Waals surface area contributed by atoms with Gasteiger partial charge in [-0.15, -0.1) is 11.3 Å². The van der Waals surface area contributed by atoms with Gasteiger partial charge in [0.15, 0.2) is 11.5 Å². The van der Waals surface area contributed by atoms with Crippen molar-refractivity contribution in [1.29, 1.82) is 0 Å². The van der Waals surface area contributed by atoms with Gasteiger partial charge in [0, 0.05) is 43.4 Å². The van der Waals surface area contributed by atoms with Crippen molar-refractivity contribution in [3.05, 3.63) is 69.9 Å². The Hall–Kier alpha value is -3.76. The van der Waals surface area contributed by atoms with Gasteiger partial charge in [0.2, 0.25) is 5.91 Å². The van der Waals surface area contributed by atoms with Gasteiger partial charge in [-0.2, -0.15) is 0 Å². The van der Waals surface area contributed by atoms with Crippen LogP contribution in [0.1, 0.15) is 22.4 Å². The summed E-state index contributed by atoms with van der Waals surface area (Å²) in [6.45, 7) is 3.79. The molecule has 1 N–H and O–H groups in total. The highest BCUT2D eigenvalue weighted by Crippen LogP contribution is 2.28. The van der Waals surface area contributed by atoms with Crippen molar-refractivity contribution in [3.63, 3.8) is 0 Å². The molecule has 0 atom stereocenters. The Morgan fingerprint density at radius 3 is 2.38 bits per heavy atom. The number of anilines is 1. The van der Waals surface area contributed by atoms with Crippen LogP contribution in [0.15, 0.2) is 53.9 Å². The second-order valence-electron chi connectivity index (χ2n) is 9.21. The van der Waals surface area contributed by atoms with Crippen molar-refractivity contribution >= 4 is 29.0 Å². The van der Waals surface area contributed by atoms with Crippen LogP contribution in [0.3, 0.4) is 0 Å². The summed E-state index contributed by atoms with van der Waals surface area (Å²) >= 11 is 1.62. The number of amides is 3. The number of rotatable bonds is 15. The van der Waals surface area contributed by atoms with E-state index in [1.807, 2.05) is 35.4 Å². The summed E-state index contributed by atoms with van der Waals surface area (Å²) in [5.41, 5.74) is 2.75. The van der Waals surface area contributed by atoms with E-state index in [0.717, 1.165) is 16.0 Å². The molecular formula is C30H39N3O6S. The second kappa shape index (κ2) is 15.7. The zero-order valence-corrected chi connectivity index (χ0v) is 24.7. The molecule has 0 saturated carbocycles. The van der Waals surface area contributed by atoms with Gasteiger partial charge in [0.25, 0.3) is 0 Å². The maximum Gasteiger partial charge on any atom is 0.322 e. The van der Waals surface area contributed by atoms with Gasteiger partial charge in [-0.05, 0) is 66.6 Å². The average Bonchev–Trinajstić information content (AvgIpc) is 3.38. The highest BCUT2D eigenvalue weighted by atomic mass is 32.1. The van der Waals surface area contributed by atoms with E-state index in [1.54, 1.807) is 64.0 Å². The van der Waals surface area contributed by atoms with Crippen LogP contribution in [-0.2, 0) is 22.5 Å². The molecule has 9 nitrogen and oxygen atoms in total. The standard InChI is InChI=1S/C30H39N3O6S/c1-22-13-17-40-28(22)20-32(15-12-23-10-11-26(38-4)27(18-23)39-5)29(34)21-33(14-7-16-36-2)30(35)31-24-8-6-9-25(19-24)37-3/h6,8-11,13,17-19H,7,12,14-16,20-21H2,1-5H3,(H,31,35). The number of nitrogens with zero attached hydrogens (tertiary/aromatic N) is 2. The molecule has 0 fully saturated rings. The third-order valence-corrected chi connectivity index (χ3v) is 7.49. The fourth-order valence-electron chi connectivity index (χ4n) is 4.15. The van der Waals surface area contributed by atoms with Gasteiger partial charge in [0.1, 0.15) is 12.3 Å². The van der Waals surface area contributed by atoms with Crippen LogP contribution in [0.2, 0.25) is 0 Å². The Balaban J connectivity index is 1.77. The zero-order chi connectivity index (χ0) is 28.9. The van der Waals surface area contributed by atoms with Crippen molar-refractivity contribution < 1.29 is 28.5 Å². The average molecular weight is 570 g/mol. The molecule has 0 radical (unpaired) electrons. The van der Waals surface area contributed by atoms with E-state index >= 15 is 0 Å². The molecule has 0 aliphatic rings. The van der Waals surface area contributed by atoms with Gasteiger partial charge in [-0.1, -0.05) is 12.1 Å². The number of ether oxygens (including phenoxy) is 4. The maximum atomic E-state index is 13.7. The molecule has 1 heterocycles. The number of thiophene rings is 1. The first-order valence-corrected chi connectivity index (χ1v) is 14.0. The fraction of sp³-hybridized carbons (Fsp3) is 0.400. The largest absolute Gasteiger partial charge is 0.497 e. The third-order valence-electron chi connectivity index (χ3n) is 6.48. The molecule has 0 aliphatic carbocycles. The molecule has 3 amide bonds. The number of methoxy groups -OCH3 is 4. The zero-order valence-electron chi connectivity index (χ0n) is 23.9. The molecule has 0 spiro atoms. The number of urea groups is 1. The van der Waals surface area contributed by atoms with Crippen LogP contribution in [0, 0.1) is 6.92 Å². The molecule has 10 heteroatoms. The molecule has 216 valence electrons. The summed E-state index contributed by atoms with van der Waals surface area (Å²) in [7, 11) is 6.39. The summed E-state index contributed by atoms with van der Waals surface area (Å²) in [5, 5.41) is 4.92. The number of carbonyl (C=O) groups excluding carboxylic acids is 2. The molecule has 3 rings (SSSR count). The van der Waals surface area contributed by atoms with Crippen molar-refractivity contribution in [1.82, 2.24) is 9.80 Å². The van der Waals surface area contributed by atoms with Gasteiger partial charge < -0.3 is 34.1 Å². The number of hydrogen-bond donors (Lipinski definition) is 1. The van der Waals surface area contributed by atoms with E-state index in [1.165, 1.54) is 4.90 Å². The molecule has 0 saturated heterocycles. The molecule has 40 heavy (non-hydrogen) atoms. The van der Waals surface area contributed by atoms with Crippen LogP contribution in [0.4, 0.5) is 10.5 Å². The Kier molecular flexibility index (Phi) is 12.1. The summed E-state index contributed by atoms with van der Waals surface area (Å²) in [6.07, 6.45) is 1.22. The lowest BCUT2D eigenvalue weighted by Gasteiger charge is -2.28. The highest BCUT2D eigenvalue weighted by Gasteiger charge is 2.23. The van der Waals surface area contributed by atoms with E-state index in [4.69, 9.17) is 18.9 Å². The van der Waals surface area contributed by atoms with E-state index < -0.39 is 0 Å². The minimum Gasteiger partial charge on any atom is -0.497 e. The smallest absolute Gasteiger partial charge is 0.322 e. The van der Waals surface area contributed by atoms with Crippen LogP contribution in [0.25, 0.3) is 0 Å². The predicted octanol–water partition coefficient (Wildman–Crippen LogP) is 5.22. The predicted molar refractivity (Wildman–Crippen MR) is 158 cm³/mol. The first-order chi connectivity index (χ1) is 19.4. The Labute approximate surface area is 240 Å². The van der Waals surface area contributed by atoms with Crippen molar-refractivity contribution in [3.8, 4) is 17.2 Å². The number of aryl methyl sites for hydroxylation is 1. The molecular weight excluding hydrogens is 530 g/mol. The van der Waals surface area contributed by atoms with Crippen LogP contribution < -0.4 is 19.5 Å². The molecule has 0 bridgehead atoms. The summed E-state index contributed by atoms with van der Waals surface area (Å²) < 4.78 is 21.3. The molecule has 0 aliphatic heterocycles. The van der Waals surface area contributed by atoms with Gasteiger partial charge in [-0.3, -0.25) is 4.79 Å². The van der Waals surface area contributed by atoms with Crippen molar-refractivity contribution in [2.24, 2.45) is 0 Å². The number of hydrogen-bond acceptors (Lipinski definition) is 7. The minimum absolute atomic E-state index is 0.0597. The fourth-order valence-corrected chi connectivity index (χ4v) is 5.07. The third kappa shape index (κ3) is 8.89. The SMILES string of the molecule is COCCCN(CC(=O)N(CCc1ccc(OC)c(OC)c1)Cc1sccc1C)C(=O)Nc1cccc(OC)c1. The molecule has 1 aromatic heterocycles. The number of carbonyl (C=O) groups is 2. The van der Waals surface area contributed by atoms with Gasteiger partial charge in [-0.25, -0.2) is 4.79 Å². The lowest BCUT2D eigenvalue weighted by Crippen LogP contribution is -2.45. The number of nitrogens with one attached hydrogen (secondary N) is 1. The summed E-state index contributed by atoms with van der Waals surface area (Å²) in [6, 6.07) is 14.6. The van der Waals surface area contributed by atoms with Gasteiger partial charge in [0.05, 0.1) is 27.9 Å². The lowest BCUT2D eigenvalue weighted by molar-refractivity contribution is -0.132. The van der Waals surface area contributed by atoms with Crippen molar-refractivity contribution in [2.75, 3.05) is 60.0 Å². The highest BCUT2D eigenvalue weighted by molar-refractivity contribution is 7.10. The number of benzene rings is 2. The summed E-state index contributed by atoms with van der Waals surface area (Å²) in [4.78, 5) is 31.5. The minimum atomic E-state index is -0.357. The first-order valence-electron chi connectivity index (χ1n) is 13.1. The topological polar surface area (TPSA) is 89.6 Å². The lowest BCUT2D eigenvalue weighted by atomic mass is 10.1. The van der Waals surface area contributed by atoms with Crippen molar-refractivity contribution in [2.45, 2.75) is 26.3 Å². The normalized spacial score (nSPS) is 10.6. The Morgan fingerprint density at radius 2 is 1.70 bits per heavy atom. The molecule has 0 unspecified atom stereocenters. The summed E-state index contributed by atoms with van der Waals surface area (Å²) in [5.74, 6) is 1.80. The Morgan fingerprint density at radius 1 is 0.900 bits per heavy atom. The van der Waals surface area contributed by atoms with E-state index in [9.17, 15) is 9.59 Å². The Bertz CT molecular complexity index is 1250.